The fourth-order valence-electron chi connectivity index (χ4n) is 4.39. The average Bonchev–Trinajstić information content (AvgIpc) is 3.28. The van der Waals surface area contributed by atoms with Gasteiger partial charge in [-0.15, -0.1) is 0 Å². The maximum atomic E-state index is 13.3. The lowest BCUT2D eigenvalue weighted by Gasteiger charge is -2.24. The Morgan fingerprint density at radius 2 is 1.79 bits per heavy atom. The third-order valence-electron chi connectivity index (χ3n) is 6.15. The molecule has 172 valence electrons. The van der Waals surface area contributed by atoms with Crippen molar-refractivity contribution in [3.05, 3.63) is 93.2 Å². The molecular formula is C26H22ClN3O4. The lowest BCUT2D eigenvalue weighted by molar-refractivity contribution is 0.372. The molecule has 0 spiro atoms. The first kappa shape index (κ1) is 21.9. The van der Waals surface area contributed by atoms with Crippen molar-refractivity contribution in [2.45, 2.75) is 12.5 Å². The third kappa shape index (κ3) is 3.54. The Morgan fingerprint density at radius 3 is 2.53 bits per heavy atom. The van der Waals surface area contributed by atoms with E-state index in [4.69, 9.17) is 21.4 Å². The molecule has 1 aromatic heterocycles. The summed E-state index contributed by atoms with van der Waals surface area (Å²) in [6.07, 6.45) is 0.359. The molecule has 0 aliphatic carbocycles. The van der Waals surface area contributed by atoms with E-state index in [0.717, 1.165) is 11.3 Å². The van der Waals surface area contributed by atoms with Crippen LogP contribution in [0.3, 0.4) is 0 Å². The number of para-hydroxylation sites is 1. The zero-order valence-corrected chi connectivity index (χ0v) is 19.3. The number of aromatic hydroxyl groups is 2. The number of methoxy groups -OCH3 is 1. The Hall–Kier alpha value is -3.97. The second-order valence-corrected chi connectivity index (χ2v) is 8.56. The van der Waals surface area contributed by atoms with Crippen molar-refractivity contribution < 1.29 is 14.9 Å². The van der Waals surface area contributed by atoms with Gasteiger partial charge in [0.1, 0.15) is 11.3 Å². The number of aryl methyl sites for hydroxylation is 1. The Kier molecular flexibility index (Phi) is 5.42. The number of phenolic OH excluding ortho intramolecular Hbond substituents is 1. The quantitative estimate of drug-likeness (QED) is 0.435. The maximum Gasteiger partial charge on any atom is 0.263 e. The van der Waals surface area contributed by atoms with Crippen molar-refractivity contribution in [1.82, 2.24) is 4.57 Å². The third-order valence-corrected chi connectivity index (χ3v) is 6.41. The second kappa shape index (κ2) is 8.43. The van der Waals surface area contributed by atoms with Crippen LogP contribution < -0.4 is 15.3 Å². The SMILES string of the molecule is COc1cc(C2CC(c3c(O)c4ccccc4n(C)c3=O)=NN2c2ccc(Cl)cc2)ccc1O. The molecule has 1 aliphatic rings. The van der Waals surface area contributed by atoms with E-state index in [9.17, 15) is 15.0 Å². The number of aromatic nitrogens is 1. The number of pyridine rings is 1. The fraction of sp³-hybridized carbons (Fsp3) is 0.154. The molecule has 1 atom stereocenters. The van der Waals surface area contributed by atoms with Crippen molar-refractivity contribution >= 4 is 33.9 Å². The van der Waals surface area contributed by atoms with E-state index in [0.29, 0.717) is 33.8 Å². The monoisotopic (exact) mass is 475 g/mol. The zero-order chi connectivity index (χ0) is 24.0. The highest BCUT2D eigenvalue weighted by Crippen LogP contribution is 2.41. The molecule has 0 fully saturated rings. The summed E-state index contributed by atoms with van der Waals surface area (Å²) < 4.78 is 6.82. The number of nitrogens with zero attached hydrogens (tertiary/aromatic N) is 3. The van der Waals surface area contributed by atoms with Crippen LogP contribution in [0.4, 0.5) is 5.69 Å². The number of phenols is 1. The Bertz CT molecular complexity index is 1490. The van der Waals surface area contributed by atoms with Gasteiger partial charge in [-0.25, -0.2) is 0 Å². The molecule has 4 aromatic rings. The maximum absolute atomic E-state index is 13.3. The van der Waals surface area contributed by atoms with Crippen molar-refractivity contribution in [2.24, 2.45) is 12.1 Å². The van der Waals surface area contributed by atoms with Crippen LogP contribution in [0, 0.1) is 0 Å². The Morgan fingerprint density at radius 1 is 1.06 bits per heavy atom. The molecule has 1 unspecified atom stereocenters. The molecule has 1 aliphatic heterocycles. The smallest absolute Gasteiger partial charge is 0.263 e. The lowest BCUT2D eigenvalue weighted by Crippen LogP contribution is -2.24. The van der Waals surface area contributed by atoms with E-state index >= 15 is 0 Å². The standard InChI is InChI=1S/C26H22ClN3O4/c1-29-20-6-4-3-5-18(20)25(32)24(26(29)33)19-14-21(15-7-12-22(31)23(13-15)34-2)30(28-19)17-10-8-16(27)9-11-17/h3-13,21,31-32H,14H2,1-2H3. The molecule has 34 heavy (non-hydrogen) atoms. The van der Waals surface area contributed by atoms with E-state index < -0.39 is 0 Å². The molecule has 5 rings (SSSR count). The number of hydrogen-bond donors (Lipinski definition) is 2. The Balaban J connectivity index is 1.68. The van der Waals surface area contributed by atoms with Gasteiger partial charge in [-0.05, 0) is 54.1 Å². The summed E-state index contributed by atoms with van der Waals surface area (Å²) in [6, 6.07) is 19.3. The zero-order valence-electron chi connectivity index (χ0n) is 18.6. The molecule has 0 bridgehead atoms. The fourth-order valence-corrected chi connectivity index (χ4v) is 4.52. The van der Waals surface area contributed by atoms with E-state index in [1.165, 1.54) is 11.7 Å². The van der Waals surface area contributed by atoms with Gasteiger partial charge >= 0.3 is 0 Å². The Labute approximate surface area is 200 Å². The molecule has 8 heteroatoms. The van der Waals surface area contributed by atoms with Crippen LogP contribution >= 0.6 is 11.6 Å². The van der Waals surface area contributed by atoms with Crippen LogP contribution in [-0.4, -0.2) is 27.6 Å². The highest BCUT2D eigenvalue weighted by molar-refractivity contribution is 6.30. The minimum atomic E-state index is -0.324. The molecule has 0 saturated carbocycles. The first-order chi connectivity index (χ1) is 16.4. The van der Waals surface area contributed by atoms with Gasteiger partial charge in [-0.2, -0.15) is 5.10 Å². The number of fused-ring (bicyclic) bond motifs is 1. The van der Waals surface area contributed by atoms with Gasteiger partial charge in [-0.1, -0.05) is 29.8 Å². The number of rotatable bonds is 4. The summed E-state index contributed by atoms with van der Waals surface area (Å²) in [5.41, 5.74) is 2.56. The largest absolute Gasteiger partial charge is 0.506 e. The van der Waals surface area contributed by atoms with Gasteiger partial charge in [0.05, 0.1) is 30.1 Å². The molecule has 3 aromatic carbocycles. The number of halogens is 1. The summed E-state index contributed by atoms with van der Waals surface area (Å²) in [7, 11) is 3.17. The van der Waals surface area contributed by atoms with Gasteiger partial charge < -0.3 is 19.5 Å². The van der Waals surface area contributed by atoms with Crippen LogP contribution in [0.5, 0.6) is 17.2 Å². The highest BCUT2D eigenvalue weighted by Gasteiger charge is 2.33. The van der Waals surface area contributed by atoms with Crippen LogP contribution in [0.1, 0.15) is 23.6 Å². The van der Waals surface area contributed by atoms with Crippen molar-refractivity contribution in [3.63, 3.8) is 0 Å². The summed E-state index contributed by atoms with van der Waals surface area (Å²) in [6.45, 7) is 0. The minimum Gasteiger partial charge on any atom is -0.506 e. The van der Waals surface area contributed by atoms with Crippen LogP contribution in [0.15, 0.2) is 76.6 Å². The van der Waals surface area contributed by atoms with Gasteiger partial charge in [0, 0.05) is 23.9 Å². The summed E-state index contributed by atoms with van der Waals surface area (Å²) >= 11 is 6.09. The van der Waals surface area contributed by atoms with Crippen molar-refractivity contribution in [3.8, 4) is 17.2 Å². The van der Waals surface area contributed by atoms with Gasteiger partial charge in [0.25, 0.3) is 5.56 Å². The first-order valence-corrected chi connectivity index (χ1v) is 11.1. The summed E-state index contributed by atoms with van der Waals surface area (Å²) in [5.74, 6) is 0.286. The molecule has 0 radical (unpaired) electrons. The molecule has 2 heterocycles. The van der Waals surface area contributed by atoms with E-state index in [1.54, 1.807) is 54.5 Å². The van der Waals surface area contributed by atoms with Gasteiger partial charge in [0.2, 0.25) is 0 Å². The minimum absolute atomic E-state index is 0.0319. The van der Waals surface area contributed by atoms with Gasteiger partial charge in [0.15, 0.2) is 11.5 Å². The number of hydrogen-bond acceptors (Lipinski definition) is 6. The van der Waals surface area contributed by atoms with Crippen LogP contribution in [0.2, 0.25) is 5.02 Å². The predicted molar refractivity (Wildman–Crippen MR) is 133 cm³/mol. The predicted octanol–water partition coefficient (Wildman–Crippen LogP) is 4.97. The van der Waals surface area contributed by atoms with Gasteiger partial charge in [-0.3, -0.25) is 9.80 Å². The average molecular weight is 476 g/mol. The molecule has 0 saturated heterocycles. The van der Waals surface area contributed by atoms with Crippen LogP contribution in [-0.2, 0) is 7.05 Å². The summed E-state index contributed by atoms with van der Waals surface area (Å²) in [4.78, 5) is 13.3. The van der Waals surface area contributed by atoms with Crippen molar-refractivity contribution in [2.75, 3.05) is 12.1 Å². The van der Waals surface area contributed by atoms with E-state index in [1.807, 2.05) is 24.3 Å². The molecular weight excluding hydrogens is 454 g/mol. The van der Waals surface area contributed by atoms with Crippen LogP contribution in [0.25, 0.3) is 10.9 Å². The van der Waals surface area contributed by atoms with E-state index in [-0.39, 0.29) is 28.7 Å². The normalized spacial score (nSPS) is 15.6. The van der Waals surface area contributed by atoms with E-state index in [2.05, 4.69) is 0 Å². The highest BCUT2D eigenvalue weighted by atomic mass is 35.5. The molecule has 7 nitrogen and oxygen atoms in total. The molecule has 2 N–H and O–H groups in total. The second-order valence-electron chi connectivity index (χ2n) is 8.12. The first-order valence-electron chi connectivity index (χ1n) is 10.7. The topological polar surface area (TPSA) is 87.3 Å². The number of hydrazone groups is 1. The van der Waals surface area contributed by atoms with Crippen molar-refractivity contribution in [1.29, 1.82) is 0 Å². The lowest BCUT2D eigenvalue weighted by atomic mass is 9.97. The number of ether oxygens (including phenoxy) is 1. The number of anilines is 1. The summed E-state index contributed by atoms with van der Waals surface area (Å²) in [5, 5.41) is 28.9. The number of benzene rings is 3. The molecule has 0 amide bonds.